The summed E-state index contributed by atoms with van der Waals surface area (Å²) in [7, 11) is 4.06. The summed E-state index contributed by atoms with van der Waals surface area (Å²) in [5, 5.41) is 5.57. The smallest absolute Gasteiger partial charge is 0.317 e. The standard InChI is InChI=1S/C25H30N4O/c1-18(27-25(30)29(3)20-12-16-28(2)17-13-20)21-8-9-22(19-10-14-26-15-11-19)24-7-5-4-6-23(21)24/h4-11,14-15,18,20H,12-13,16-17H2,1-3H3,(H,27,30). The van der Waals surface area contributed by atoms with E-state index < -0.39 is 0 Å². The Morgan fingerprint density at radius 2 is 1.73 bits per heavy atom. The molecular weight excluding hydrogens is 372 g/mol. The van der Waals surface area contributed by atoms with E-state index in [9.17, 15) is 4.79 Å². The van der Waals surface area contributed by atoms with Gasteiger partial charge in [-0.2, -0.15) is 0 Å². The minimum absolute atomic E-state index is 0.000607. The van der Waals surface area contributed by atoms with Crippen LogP contribution in [0.5, 0.6) is 0 Å². The second-order valence-electron chi connectivity index (χ2n) is 8.30. The molecule has 1 saturated heterocycles. The van der Waals surface area contributed by atoms with Gasteiger partial charge in [-0.25, -0.2) is 4.79 Å². The second-order valence-corrected chi connectivity index (χ2v) is 8.30. The third kappa shape index (κ3) is 4.17. The van der Waals surface area contributed by atoms with Gasteiger partial charge in [-0.3, -0.25) is 4.98 Å². The number of carbonyl (C=O) groups is 1. The van der Waals surface area contributed by atoms with Crippen LogP contribution in [0, 0.1) is 0 Å². The van der Waals surface area contributed by atoms with Crippen LogP contribution in [0.3, 0.4) is 0 Å². The molecule has 1 atom stereocenters. The number of carbonyl (C=O) groups excluding carboxylic acids is 1. The summed E-state index contributed by atoms with van der Waals surface area (Å²) in [6.45, 7) is 4.15. The molecule has 0 radical (unpaired) electrons. The lowest BCUT2D eigenvalue weighted by Crippen LogP contribution is -2.48. The van der Waals surface area contributed by atoms with E-state index in [1.165, 1.54) is 16.3 Å². The predicted molar refractivity (Wildman–Crippen MR) is 122 cm³/mol. The average molecular weight is 403 g/mol. The Hall–Kier alpha value is -2.92. The maximum absolute atomic E-state index is 12.9. The van der Waals surface area contributed by atoms with Crippen LogP contribution in [-0.2, 0) is 0 Å². The minimum Gasteiger partial charge on any atom is -0.331 e. The molecule has 156 valence electrons. The van der Waals surface area contributed by atoms with E-state index in [0.717, 1.165) is 37.1 Å². The molecule has 2 amide bonds. The van der Waals surface area contributed by atoms with Gasteiger partial charge in [-0.15, -0.1) is 0 Å². The number of aromatic nitrogens is 1. The molecule has 3 aromatic rings. The van der Waals surface area contributed by atoms with Gasteiger partial charge in [-0.1, -0.05) is 36.4 Å². The molecule has 0 aliphatic carbocycles. The molecule has 4 rings (SSSR count). The first-order valence-electron chi connectivity index (χ1n) is 10.7. The summed E-state index contributed by atoms with van der Waals surface area (Å²) in [6, 6.07) is 17.0. The summed E-state index contributed by atoms with van der Waals surface area (Å²) in [6.07, 6.45) is 5.69. The SMILES string of the molecule is CC(NC(=O)N(C)C1CCN(C)CC1)c1ccc(-c2ccncc2)c2ccccc12. The highest BCUT2D eigenvalue weighted by molar-refractivity contribution is 5.98. The van der Waals surface area contributed by atoms with Gasteiger partial charge >= 0.3 is 6.03 Å². The van der Waals surface area contributed by atoms with Crippen molar-refractivity contribution in [3.05, 3.63) is 66.5 Å². The number of nitrogens with one attached hydrogen (secondary N) is 1. The van der Waals surface area contributed by atoms with Gasteiger partial charge in [-0.05, 0) is 79.5 Å². The Bertz CT molecular complexity index is 1010. The Morgan fingerprint density at radius 1 is 1.07 bits per heavy atom. The van der Waals surface area contributed by atoms with Crippen molar-refractivity contribution >= 4 is 16.8 Å². The summed E-state index contributed by atoms with van der Waals surface area (Å²) in [5.41, 5.74) is 3.46. The Kier molecular flexibility index (Phi) is 6.00. The molecule has 2 aromatic carbocycles. The molecule has 30 heavy (non-hydrogen) atoms. The van der Waals surface area contributed by atoms with Gasteiger partial charge in [0.05, 0.1) is 6.04 Å². The number of rotatable bonds is 4. The largest absolute Gasteiger partial charge is 0.331 e. The predicted octanol–water partition coefficient (Wildman–Crippen LogP) is 4.70. The fourth-order valence-electron chi connectivity index (χ4n) is 4.40. The third-order valence-corrected chi connectivity index (χ3v) is 6.31. The molecule has 1 aliphatic heterocycles. The van der Waals surface area contributed by atoms with Gasteiger partial charge in [0.15, 0.2) is 0 Å². The van der Waals surface area contributed by atoms with Crippen LogP contribution in [0.25, 0.3) is 21.9 Å². The maximum Gasteiger partial charge on any atom is 0.317 e. The van der Waals surface area contributed by atoms with E-state index in [4.69, 9.17) is 0 Å². The monoisotopic (exact) mass is 402 g/mol. The first-order valence-corrected chi connectivity index (χ1v) is 10.7. The third-order valence-electron chi connectivity index (χ3n) is 6.31. The number of urea groups is 1. The molecule has 5 nitrogen and oxygen atoms in total. The number of likely N-dealkylation sites (tertiary alicyclic amines) is 1. The molecule has 1 unspecified atom stereocenters. The number of benzene rings is 2. The zero-order valence-corrected chi connectivity index (χ0v) is 18.0. The van der Waals surface area contributed by atoms with Crippen molar-refractivity contribution in [1.29, 1.82) is 0 Å². The number of amides is 2. The van der Waals surface area contributed by atoms with Crippen LogP contribution in [0.2, 0.25) is 0 Å². The van der Waals surface area contributed by atoms with Crippen molar-refractivity contribution in [2.75, 3.05) is 27.2 Å². The fraction of sp³-hybridized carbons (Fsp3) is 0.360. The first kappa shape index (κ1) is 20.4. The molecule has 1 fully saturated rings. The van der Waals surface area contributed by atoms with Gasteiger partial charge in [0, 0.05) is 25.5 Å². The number of fused-ring (bicyclic) bond motifs is 1. The molecule has 0 spiro atoms. The van der Waals surface area contributed by atoms with Crippen molar-refractivity contribution in [3.63, 3.8) is 0 Å². The van der Waals surface area contributed by atoms with Crippen molar-refractivity contribution in [1.82, 2.24) is 20.1 Å². The summed E-state index contributed by atoms with van der Waals surface area (Å²) < 4.78 is 0. The van der Waals surface area contributed by atoms with Crippen molar-refractivity contribution in [3.8, 4) is 11.1 Å². The zero-order valence-electron chi connectivity index (χ0n) is 18.0. The molecular formula is C25H30N4O. The van der Waals surface area contributed by atoms with Crippen molar-refractivity contribution in [2.24, 2.45) is 0 Å². The number of hydrogen-bond acceptors (Lipinski definition) is 3. The summed E-state index contributed by atoms with van der Waals surface area (Å²) in [5.74, 6) is 0. The van der Waals surface area contributed by atoms with Crippen LogP contribution in [0.1, 0.15) is 31.4 Å². The van der Waals surface area contributed by atoms with Crippen molar-refractivity contribution < 1.29 is 4.79 Å². The molecule has 1 N–H and O–H groups in total. The van der Waals surface area contributed by atoms with E-state index >= 15 is 0 Å². The van der Waals surface area contributed by atoms with Crippen LogP contribution in [0.15, 0.2) is 60.9 Å². The molecule has 0 saturated carbocycles. The highest BCUT2D eigenvalue weighted by Crippen LogP contribution is 2.33. The number of hydrogen-bond donors (Lipinski definition) is 1. The maximum atomic E-state index is 12.9. The van der Waals surface area contributed by atoms with E-state index in [2.05, 4.69) is 65.6 Å². The second kappa shape index (κ2) is 8.84. The Balaban J connectivity index is 1.56. The lowest BCUT2D eigenvalue weighted by molar-refractivity contribution is 0.146. The van der Waals surface area contributed by atoms with Crippen molar-refractivity contribution in [2.45, 2.75) is 31.8 Å². The number of piperidine rings is 1. The average Bonchev–Trinajstić information content (AvgIpc) is 2.79. The van der Waals surface area contributed by atoms with E-state index in [1.807, 2.05) is 36.5 Å². The number of pyridine rings is 1. The Labute approximate surface area is 178 Å². The van der Waals surface area contributed by atoms with Crippen LogP contribution < -0.4 is 5.32 Å². The molecule has 1 aliphatic rings. The van der Waals surface area contributed by atoms with Gasteiger partial charge in [0.1, 0.15) is 0 Å². The minimum atomic E-state index is -0.0809. The summed E-state index contributed by atoms with van der Waals surface area (Å²) in [4.78, 5) is 21.3. The zero-order chi connectivity index (χ0) is 21.1. The number of nitrogens with zero attached hydrogens (tertiary/aromatic N) is 3. The molecule has 0 bridgehead atoms. The van der Waals surface area contributed by atoms with Gasteiger partial charge in [0.25, 0.3) is 0 Å². The lowest BCUT2D eigenvalue weighted by Gasteiger charge is -2.35. The van der Waals surface area contributed by atoms with E-state index in [1.54, 1.807) is 0 Å². The normalized spacial score (nSPS) is 16.4. The molecule has 1 aromatic heterocycles. The van der Waals surface area contributed by atoms with Crippen LogP contribution in [0.4, 0.5) is 4.79 Å². The summed E-state index contributed by atoms with van der Waals surface area (Å²) >= 11 is 0. The van der Waals surface area contributed by atoms with Crippen LogP contribution >= 0.6 is 0 Å². The topological polar surface area (TPSA) is 48.5 Å². The highest BCUT2D eigenvalue weighted by Gasteiger charge is 2.25. The van der Waals surface area contributed by atoms with Gasteiger partial charge in [0.2, 0.25) is 0 Å². The molecule has 5 heteroatoms. The lowest BCUT2D eigenvalue weighted by atomic mass is 9.93. The quantitative estimate of drug-likeness (QED) is 0.688. The van der Waals surface area contributed by atoms with E-state index in [-0.39, 0.29) is 12.1 Å². The van der Waals surface area contributed by atoms with E-state index in [0.29, 0.717) is 6.04 Å². The Morgan fingerprint density at radius 3 is 2.43 bits per heavy atom. The first-order chi connectivity index (χ1) is 14.5. The molecule has 2 heterocycles. The highest BCUT2D eigenvalue weighted by atomic mass is 16.2. The fourth-order valence-corrected chi connectivity index (χ4v) is 4.40. The van der Waals surface area contributed by atoms with Crippen LogP contribution in [-0.4, -0.2) is 54.0 Å². The van der Waals surface area contributed by atoms with Gasteiger partial charge < -0.3 is 15.1 Å².